The molecule has 3 aromatic carbocycles. The molecule has 4 heteroatoms. The minimum atomic E-state index is 0.302. The Bertz CT molecular complexity index is 1160. The number of aryl methyl sites for hydroxylation is 2. The summed E-state index contributed by atoms with van der Waals surface area (Å²) in [5, 5.41) is 14.5. The van der Waals surface area contributed by atoms with Crippen molar-refractivity contribution in [1.29, 1.82) is 0 Å². The van der Waals surface area contributed by atoms with Gasteiger partial charge in [0.1, 0.15) is 11.6 Å². The van der Waals surface area contributed by atoms with Crippen molar-refractivity contribution in [2.24, 2.45) is 0 Å². The molecular formula is C26H25N3O. The van der Waals surface area contributed by atoms with Gasteiger partial charge in [-0.05, 0) is 47.7 Å². The van der Waals surface area contributed by atoms with E-state index in [2.05, 4.69) is 71.1 Å². The molecule has 0 saturated heterocycles. The summed E-state index contributed by atoms with van der Waals surface area (Å²) in [5.41, 5.74) is 7.13. The van der Waals surface area contributed by atoms with E-state index >= 15 is 0 Å². The fourth-order valence-electron chi connectivity index (χ4n) is 4.43. The minimum Gasteiger partial charge on any atom is -0.508 e. The van der Waals surface area contributed by atoms with Crippen molar-refractivity contribution in [2.45, 2.75) is 26.4 Å². The van der Waals surface area contributed by atoms with E-state index in [9.17, 15) is 5.11 Å². The van der Waals surface area contributed by atoms with E-state index in [-0.39, 0.29) is 0 Å². The molecule has 0 radical (unpaired) electrons. The fraction of sp³-hybridized carbons (Fsp3) is 0.192. The van der Waals surface area contributed by atoms with E-state index in [4.69, 9.17) is 5.10 Å². The van der Waals surface area contributed by atoms with Gasteiger partial charge in [-0.1, -0.05) is 66.7 Å². The summed E-state index contributed by atoms with van der Waals surface area (Å²) in [6, 6.07) is 26.7. The molecule has 1 aliphatic heterocycles. The first kappa shape index (κ1) is 18.5. The largest absolute Gasteiger partial charge is 0.508 e. The van der Waals surface area contributed by atoms with Gasteiger partial charge in [-0.15, -0.1) is 0 Å². The molecule has 0 saturated carbocycles. The lowest BCUT2D eigenvalue weighted by atomic mass is 9.94. The number of phenols is 1. The molecule has 0 atom stereocenters. The van der Waals surface area contributed by atoms with Crippen LogP contribution in [0.1, 0.15) is 17.7 Å². The van der Waals surface area contributed by atoms with Crippen LogP contribution in [0.25, 0.3) is 22.3 Å². The Morgan fingerprint density at radius 1 is 0.833 bits per heavy atom. The molecule has 0 amide bonds. The summed E-state index contributed by atoms with van der Waals surface area (Å²) in [7, 11) is 0. The minimum absolute atomic E-state index is 0.302. The fourth-order valence-corrected chi connectivity index (χ4v) is 4.43. The molecule has 150 valence electrons. The average Bonchev–Trinajstić information content (AvgIpc) is 3.12. The molecule has 1 N–H and O–H groups in total. The highest BCUT2D eigenvalue weighted by Crippen LogP contribution is 2.41. The standard InChI is InChI=1S/C26H25N3O/c1-19-25(24-11-6-5-10-23(24)21-8-3-2-4-9-21)26-28(16-7-17-29(26)27-19)18-20-12-14-22(30)15-13-20/h2-6,8-15,30H,7,16-18H2,1H3. The van der Waals surface area contributed by atoms with Gasteiger partial charge < -0.3 is 10.0 Å². The Hall–Kier alpha value is -3.53. The van der Waals surface area contributed by atoms with Crippen LogP contribution in [0.4, 0.5) is 5.82 Å². The second-order valence-corrected chi connectivity index (χ2v) is 7.86. The van der Waals surface area contributed by atoms with Gasteiger partial charge in [-0.3, -0.25) is 0 Å². The Morgan fingerprint density at radius 2 is 1.53 bits per heavy atom. The van der Waals surface area contributed by atoms with Crippen molar-refractivity contribution < 1.29 is 5.11 Å². The third-order valence-corrected chi connectivity index (χ3v) is 5.79. The van der Waals surface area contributed by atoms with Crippen molar-refractivity contribution >= 4 is 5.82 Å². The van der Waals surface area contributed by atoms with Crippen LogP contribution in [-0.4, -0.2) is 21.4 Å². The molecule has 0 aliphatic carbocycles. The zero-order valence-electron chi connectivity index (χ0n) is 17.1. The van der Waals surface area contributed by atoms with Crippen molar-refractivity contribution in [1.82, 2.24) is 9.78 Å². The lowest BCUT2D eigenvalue weighted by molar-refractivity contribution is 0.475. The maximum Gasteiger partial charge on any atom is 0.135 e. The first-order chi connectivity index (χ1) is 14.7. The van der Waals surface area contributed by atoms with Gasteiger partial charge in [-0.25, -0.2) is 4.68 Å². The molecule has 0 bridgehead atoms. The first-order valence-electron chi connectivity index (χ1n) is 10.5. The third-order valence-electron chi connectivity index (χ3n) is 5.79. The Kier molecular flexibility index (Phi) is 4.75. The molecule has 1 aromatic heterocycles. The number of hydrogen-bond donors (Lipinski definition) is 1. The third kappa shape index (κ3) is 3.35. The van der Waals surface area contributed by atoms with Gasteiger partial charge in [0.25, 0.3) is 0 Å². The molecule has 0 unspecified atom stereocenters. The summed E-state index contributed by atoms with van der Waals surface area (Å²) < 4.78 is 2.16. The van der Waals surface area contributed by atoms with E-state index in [1.54, 1.807) is 12.1 Å². The predicted octanol–water partition coefficient (Wildman–Crippen LogP) is 5.64. The molecule has 1 aliphatic rings. The summed E-state index contributed by atoms with van der Waals surface area (Å²) in [4.78, 5) is 2.42. The smallest absolute Gasteiger partial charge is 0.135 e. The lowest BCUT2D eigenvalue weighted by Gasteiger charge is -2.31. The SMILES string of the molecule is Cc1nn2c(c1-c1ccccc1-c1ccccc1)N(Cc1ccc(O)cc1)CCC2. The van der Waals surface area contributed by atoms with E-state index in [0.717, 1.165) is 31.7 Å². The van der Waals surface area contributed by atoms with Crippen LogP contribution >= 0.6 is 0 Å². The number of nitrogens with zero attached hydrogens (tertiary/aromatic N) is 3. The number of rotatable bonds is 4. The maximum absolute atomic E-state index is 9.63. The monoisotopic (exact) mass is 395 g/mol. The number of phenolic OH excluding ortho intramolecular Hbond substituents is 1. The van der Waals surface area contributed by atoms with Crippen molar-refractivity contribution in [3.63, 3.8) is 0 Å². The second kappa shape index (κ2) is 7.71. The molecule has 0 fully saturated rings. The summed E-state index contributed by atoms with van der Waals surface area (Å²) in [6.07, 6.45) is 1.08. The number of fused-ring (bicyclic) bond motifs is 1. The maximum atomic E-state index is 9.63. The molecule has 0 spiro atoms. The second-order valence-electron chi connectivity index (χ2n) is 7.86. The number of aromatic nitrogens is 2. The van der Waals surface area contributed by atoms with E-state index in [1.165, 1.54) is 33.6 Å². The zero-order chi connectivity index (χ0) is 20.5. The molecule has 30 heavy (non-hydrogen) atoms. The average molecular weight is 396 g/mol. The van der Waals surface area contributed by atoms with Gasteiger partial charge in [0.2, 0.25) is 0 Å². The van der Waals surface area contributed by atoms with Crippen LogP contribution in [0, 0.1) is 6.92 Å². The number of anilines is 1. The molecule has 5 rings (SSSR count). The Balaban J connectivity index is 1.62. The topological polar surface area (TPSA) is 41.3 Å². The first-order valence-corrected chi connectivity index (χ1v) is 10.5. The van der Waals surface area contributed by atoms with Crippen LogP contribution in [0.15, 0.2) is 78.9 Å². The van der Waals surface area contributed by atoms with Gasteiger partial charge in [0.15, 0.2) is 0 Å². The molecule has 4 aromatic rings. The van der Waals surface area contributed by atoms with Crippen molar-refractivity contribution in [3.8, 4) is 28.0 Å². The highest BCUT2D eigenvalue weighted by Gasteiger charge is 2.26. The predicted molar refractivity (Wildman–Crippen MR) is 122 cm³/mol. The molecule has 2 heterocycles. The van der Waals surface area contributed by atoms with Crippen LogP contribution < -0.4 is 4.90 Å². The van der Waals surface area contributed by atoms with Crippen LogP contribution in [0.3, 0.4) is 0 Å². The summed E-state index contributed by atoms with van der Waals surface area (Å²) >= 11 is 0. The van der Waals surface area contributed by atoms with Crippen molar-refractivity contribution in [2.75, 3.05) is 11.4 Å². The number of benzene rings is 3. The van der Waals surface area contributed by atoms with Crippen LogP contribution in [0.5, 0.6) is 5.75 Å². The lowest BCUT2D eigenvalue weighted by Crippen LogP contribution is -2.32. The molecule has 4 nitrogen and oxygen atoms in total. The molecular weight excluding hydrogens is 370 g/mol. The number of aromatic hydroxyl groups is 1. The van der Waals surface area contributed by atoms with Gasteiger partial charge in [-0.2, -0.15) is 5.10 Å². The van der Waals surface area contributed by atoms with E-state index in [0.29, 0.717) is 5.75 Å². The number of hydrogen-bond acceptors (Lipinski definition) is 3. The van der Waals surface area contributed by atoms with Crippen molar-refractivity contribution in [3.05, 3.63) is 90.1 Å². The van der Waals surface area contributed by atoms with Gasteiger partial charge >= 0.3 is 0 Å². The van der Waals surface area contributed by atoms with Gasteiger partial charge in [0, 0.05) is 25.2 Å². The highest BCUT2D eigenvalue weighted by molar-refractivity contribution is 5.90. The Morgan fingerprint density at radius 3 is 2.30 bits per heavy atom. The van der Waals surface area contributed by atoms with Crippen LogP contribution in [-0.2, 0) is 13.1 Å². The highest BCUT2D eigenvalue weighted by atomic mass is 16.3. The summed E-state index contributed by atoms with van der Waals surface area (Å²) in [6.45, 7) is 4.84. The van der Waals surface area contributed by atoms with Crippen LogP contribution in [0.2, 0.25) is 0 Å². The zero-order valence-corrected chi connectivity index (χ0v) is 17.1. The normalized spacial score (nSPS) is 13.3. The van der Waals surface area contributed by atoms with Gasteiger partial charge in [0.05, 0.1) is 5.69 Å². The van der Waals surface area contributed by atoms with E-state index in [1.807, 2.05) is 12.1 Å². The van der Waals surface area contributed by atoms with E-state index < -0.39 is 0 Å². The quantitative estimate of drug-likeness (QED) is 0.486. The Labute approximate surface area is 177 Å². The summed E-state index contributed by atoms with van der Waals surface area (Å²) in [5.74, 6) is 1.49.